The molecule has 4 fully saturated rings. The first-order valence-corrected chi connectivity index (χ1v) is 25.2. The van der Waals surface area contributed by atoms with Crippen LogP contribution < -0.4 is 4.90 Å². The number of rotatable bonds is 7. The molecule has 328 valence electrons. The molecule has 0 atom stereocenters. The maximum Gasteiger partial charge on any atom is 0.0540 e. The van der Waals surface area contributed by atoms with Crippen LogP contribution in [0.5, 0.6) is 0 Å². The summed E-state index contributed by atoms with van der Waals surface area (Å²) < 4.78 is 0. The topological polar surface area (TPSA) is 3.24 Å². The molecule has 4 bridgehead atoms. The van der Waals surface area contributed by atoms with E-state index < -0.39 is 0 Å². The lowest BCUT2D eigenvalue weighted by atomic mass is 9.43. The molecule has 0 unspecified atom stereocenters. The average molecular weight is 874 g/mol. The van der Waals surface area contributed by atoms with E-state index in [2.05, 4.69) is 231 Å². The van der Waals surface area contributed by atoms with E-state index in [4.69, 9.17) is 0 Å². The third kappa shape index (κ3) is 5.81. The summed E-state index contributed by atoms with van der Waals surface area (Å²) in [5.41, 5.74) is 25.1. The van der Waals surface area contributed by atoms with E-state index in [0.717, 1.165) is 17.5 Å². The maximum atomic E-state index is 2.66. The summed E-state index contributed by atoms with van der Waals surface area (Å²) in [7, 11) is 0. The van der Waals surface area contributed by atoms with Crippen LogP contribution in [0, 0.1) is 23.7 Å². The normalized spacial score (nSPS) is 21.9. The maximum absolute atomic E-state index is 2.66. The van der Waals surface area contributed by atoms with Gasteiger partial charge in [0.05, 0.1) is 5.69 Å². The highest BCUT2D eigenvalue weighted by molar-refractivity contribution is 5.96. The Labute approximate surface area is 401 Å². The minimum absolute atomic E-state index is 0.0729. The fourth-order valence-electron chi connectivity index (χ4n) is 14.9. The van der Waals surface area contributed by atoms with Crippen LogP contribution in [0.4, 0.5) is 17.1 Å². The van der Waals surface area contributed by atoms with Crippen LogP contribution in [-0.4, -0.2) is 0 Å². The molecular formula is C67H55N. The van der Waals surface area contributed by atoms with E-state index >= 15 is 0 Å². The molecule has 0 saturated heterocycles. The molecule has 9 aromatic rings. The lowest BCUT2D eigenvalue weighted by Crippen LogP contribution is -2.55. The Kier molecular flexibility index (Phi) is 8.89. The van der Waals surface area contributed by atoms with E-state index in [1.165, 1.54) is 121 Å². The standard InChI is InChI=1S/C67H55N/c1-66(2)61-24-11-8-20-56(61)59-22-14-23-60(65(59)66)58-21-10-13-26-64(58)68(51-33-31-48(32-34-51)54-18-7-6-17-53(54)47-29-27-46(28-30-47)45-15-4-3-5-16-45)52-35-36-57-55-19-9-12-25-62(55)67(63(57)42-52)49-38-43-37-44(40-49)41-50(67)39-43/h3-36,42-44,49-50H,37-41H2,1-2H3. The van der Waals surface area contributed by atoms with Crippen LogP contribution in [0.25, 0.3) is 66.8 Å². The molecule has 1 nitrogen and oxygen atoms in total. The summed E-state index contributed by atoms with van der Waals surface area (Å²) in [6.07, 6.45) is 6.93. The third-order valence-electron chi connectivity index (χ3n) is 17.5. The predicted molar refractivity (Wildman–Crippen MR) is 284 cm³/mol. The van der Waals surface area contributed by atoms with Gasteiger partial charge in [0, 0.05) is 27.8 Å². The van der Waals surface area contributed by atoms with Crippen molar-refractivity contribution < 1.29 is 0 Å². The molecule has 0 heterocycles. The third-order valence-corrected chi connectivity index (χ3v) is 17.5. The minimum atomic E-state index is -0.150. The Morgan fingerprint density at radius 1 is 0.338 bits per heavy atom. The van der Waals surface area contributed by atoms with Gasteiger partial charge in [-0.05, 0) is 170 Å². The number of anilines is 3. The highest BCUT2D eigenvalue weighted by Gasteiger charge is 2.61. The number of nitrogens with zero attached hydrogens (tertiary/aromatic N) is 1. The highest BCUT2D eigenvalue weighted by Crippen LogP contribution is 2.70. The van der Waals surface area contributed by atoms with Crippen molar-refractivity contribution in [3.05, 3.63) is 235 Å². The lowest BCUT2D eigenvalue weighted by molar-refractivity contribution is -0.0399. The molecule has 0 aliphatic heterocycles. The summed E-state index contributed by atoms with van der Waals surface area (Å²) >= 11 is 0. The fourth-order valence-corrected chi connectivity index (χ4v) is 14.9. The van der Waals surface area contributed by atoms with Crippen LogP contribution in [0.3, 0.4) is 0 Å². The largest absolute Gasteiger partial charge is 0.310 e. The Hall–Kier alpha value is -7.22. The molecule has 9 aromatic carbocycles. The fraction of sp³-hybridized carbons (Fsp3) is 0.194. The zero-order valence-electron chi connectivity index (χ0n) is 39.0. The average Bonchev–Trinajstić information content (AvgIpc) is 3.81. The minimum Gasteiger partial charge on any atom is -0.310 e. The van der Waals surface area contributed by atoms with Crippen molar-refractivity contribution in [2.75, 3.05) is 4.90 Å². The first-order valence-electron chi connectivity index (χ1n) is 25.2. The van der Waals surface area contributed by atoms with Crippen molar-refractivity contribution in [2.45, 2.75) is 56.8 Å². The molecule has 68 heavy (non-hydrogen) atoms. The summed E-state index contributed by atoms with van der Waals surface area (Å²) in [5.74, 6) is 3.18. The highest BCUT2D eigenvalue weighted by atomic mass is 15.1. The second kappa shape index (κ2) is 15.1. The van der Waals surface area contributed by atoms with E-state index in [1.807, 2.05) is 0 Å². The van der Waals surface area contributed by atoms with Gasteiger partial charge in [0.15, 0.2) is 0 Å². The van der Waals surface area contributed by atoms with Crippen LogP contribution >= 0.6 is 0 Å². The Morgan fingerprint density at radius 3 is 1.46 bits per heavy atom. The summed E-state index contributed by atoms with van der Waals surface area (Å²) in [4.78, 5) is 2.59. The van der Waals surface area contributed by atoms with Gasteiger partial charge in [0.2, 0.25) is 0 Å². The summed E-state index contributed by atoms with van der Waals surface area (Å²) in [6, 6.07) is 80.4. The van der Waals surface area contributed by atoms with E-state index in [9.17, 15) is 0 Å². The van der Waals surface area contributed by atoms with Gasteiger partial charge in [0.25, 0.3) is 0 Å². The molecule has 6 aliphatic carbocycles. The van der Waals surface area contributed by atoms with E-state index in [1.54, 1.807) is 11.1 Å². The Bertz CT molecular complexity index is 3400. The second-order valence-corrected chi connectivity index (χ2v) is 21.2. The summed E-state index contributed by atoms with van der Waals surface area (Å²) in [6.45, 7) is 4.83. The molecule has 0 amide bonds. The smallest absolute Gasteiger partial charge is 0.0540 e. The molecule has 1 spiro atoms. The zero-order valence-corrected chi connectivity index (χ0v) is 39.0. The van der Waals surface area contributed by atoms with Gasteiger partial charge in [-0.1, -0.05) is 196 Å². The van der Waals surface area contributed by atoms with Crippen molar-refractivity contribution in [1.29, 1.82) is 0 Å². The van der Waals surface area contributed by atoms with Crippen LogP contribution in [0.15, 0.2) is 212 Å². The van der Waals surface area contributed by atoms with Gasteiger partial charge in [0.1, 0.15) is 0 Å². The molecule has 0 radical (unpaired) electrons. The predicted octanol–water partition coefficient (Wildman–Crippen LogP) is 17.9. The zero-order chi connectivity index (χ0) is 45.1. The molecule has 4 saturated carbocycles. The molecular weight excluding hydrogens is 819 g/mol. The Morgan fingerprint density at radius 2 is 0.794 bits per heavy atom. The number of hydrogen-bond acceptors (Lipinski definition) is 1. The van der Waals surface area contributed by atoms with Gasteiger partial charge in [-0.3, -0.25) is 0 Å². The number of para-hydroxylation sites is 1. The quantitative estimate of drug-likeness (QED) is 0.154. The lowest BCUT2D eigenvalue weighted by Gasteiger charge is -2.61. The van der Waals surface area contributed by atoms with Crippen LogP contribution in [0.1, 0.15) is 68.2 Å². The molecule has 0 N–H and O–H groups in total. The van der Waals surface area contributed by atoms with E-state index in [-0.39, 0.29) is 10.8 Å². The van der Waals surface area contributed by atoms with Gasteiger partial charge in [-0.15, -0.1) is 0 Å². The van der Waals surface area contributed by atoms with Crippen molar-refractivity contribution in [3.63, 3.8) is 0 Å². The first kappa shape index (κ1) is 39.9. The molecule has 1 heteroatoms. The summed E-state index contributed by atoms with van der Waals surface area (Å²) in [5, 5.41) is 0. The van der Waals surface area contributed by atoms with E-state index in [0.29, 0.717) is 11.8 Å². The second-order valence-electron chi connectivity index (χ2n) is 21.2. The van der Waals surface area contributed by atoms with Gasteiger partial charge in [-0.25, -0.2) is 0 Å². The SMILES string of the molecule is CC1(C)c2ccccc2-c2cccc(-c3ccccc3N(c3ccc(-c4ccccc4-c4ccc(-c5ccccc5)cc4)cc3)c3ccc4c(c3)C3(c5ccccc5-4)C4CC5CC(C4)CC3C5)c21. The molecule has 6 aliphatic rings. The number of benzene rings is 9. The van der Waals surface area contributed by atoms with Crippen molar-refractivity contribution in [3.8, 4) is 66.8 Å². The van der Waals surface area contributed by atoms with Crippen LogP contribution in [0.2, 0.25) is 0 Å². The van der Waals surface area contributed by atoms with Crippen LogP contribution in [-0.2, 0) is 10.8 Å². The first-order chi connectivity index (χ1) is 33.4. The van der Waals surface area contributed by atoms with Gasteiger partial charge in [-0.2, -0.15) is 0 Å². The number of fused-ring (bicyclic) bond motifs is 6. The van der Waals surface area contributed by atoms with Gasteiger partial charge < -0.3 is 4.90 Å². The monoisotopic (exact) mass is 873 g/mol. The van der Waals surface area contributed by atoms with Crippen molar-refractivity contribution in [2.24, 2.45) is 23.7 Å². The van der Waals surface area contributed by atoms with Crippen molar-refractivity contribution >= 4 is 17.1 Å². The van der Waals surface area contributed by atoms with Gasteiger partial charge >= 0.3 is 0 Å². The number of hydrogen-bond donors (Lipinski definition) is 0. The Balaban J connectivity index is 0.934. The molecule has 0 aromatic heterocycles. The molecule has 15 rings (SSSR count). The van der Waals surface area contributed by atoms with Crippen molar-refractivity contribution in [1.82, 2.24) is 0 Å².